The summed E-state index contributed by atoms with van der Waals surface area (Å²) in [7, 11) is -5.80. The van der Waals surface area contributed by atoms with Gasteiger partial charge in [-0.3, -0.25) is 0 Å². The lowest BCUT2D eigenvalue weighted by atomic mass is 10.2. The summed E-state index contributed by atoms with van der Waals surface area (Å²) >= 11 is 0. The van der Waals surface area contributed by atoms with Crippen LogP contribution in [0.3, 0.4) is 0 Å². The fourth-order valence-electron chi connectivity index (χ4n) is 4.68. The minimum Gasteiger partial charge on any atom is -0.313 e. The Kier molecular flexibility index (Phi) is 7.19. The second kappa shape index (κ2) is 10.7. The summed E-state index contributed by atoms with van der Waals surface area (Å²) in [4.78, 5) is 0. The molecule has 0 heterocycles. The van der Waals surface area contributed by atoms with E-state index in [1.165, 1.54) is 0 Å². The summed E-state index contributed by atoms with van der Waals surface area (Å²) in [6.45, 7) is 0. The molecule has 0 saturated heterocycles. The molecule has 0 spiro atoms. The molecule has 0 saturated carbocycles. The first-order chi connectivity index (χ1) is 17.6. The molecule has 0 N–H and O–H groups in total. The third-order valence-corrected chi connectivity index (χ3v) is 12.6. The molecule has 0 atom stereocenters. The molecule has 178 valence electrons. The zero-order valence-corrected chi connectivity index (χ0v) is 21.8. The molecule has 0 aromatic heterocycles. The van der Waals surface area contributed by atoms with Crippen LogP contribution in [0.1, 0.15) is 11.1 Å². The van der Waals surface area contributed by atoms with E-state index < -0.39 is 14.3 Å². The molecule has 0 radical (unpaired) electrons. The zero-order valence-electron chi connectivity index (χ0n) is 20.0. The van der Waals surface area contributed by atoms with Crippen molar-refractivity contribution in [3.8, 4) is 0 Å². The monoisotopic (exact) mass is 506 g/mol. The Morgan fingerprint density at radius 1 is 0.361 bits per heavy atom. The Morgan fingerprint density at radius 3 is 0.917 bits per heavy atom. The highest BCUT2D eigenvalue weighted by Crippen LogP contribution is 2.49. The van der Waals surface area contributed by atoms with Crippen molar-refractivity contribution in [2.45, 2.75) is 12.3 Å². The van der Waals surface area contributed by atoms with Gasteiger partial charge in [-0.25, -0.2) is 0 Å². The Morgan fingerprint density at radius 2 is 0.639 bits per heavy atom. The maximum Gasteiger partial charge on any atom is 0.147 e. The van der Waals surface area contributed by atoms with Crippen LogP contribution in [0.2, 0.25) is 0 Å². The lowest BCUT2D eigenvalue weighted by molar-refractivity contribution is 0.586. The van der Waals surface area contributed by atoms with Gasteiger partial charge >= 0.3 is 0 Å². The Balaban J connectivity index is 1.53. The third-order valence-electron chi connectivity index (χ3n) is 6.49. The van der Waals surface area contributed by atoms with Crippen LogP contribution in [0.5, 0.6) is 0 Å². The topological polar surface area (TPSA) is 34.1 Å². The highest BCUT2D eigenvalue weighted by atomic mass is 31.2. The fourth-order valence-corrected chi connectivity index (χ4v) is 10.0. The van der Waals surface area contributed by atoms with Crippen LogP contribution in [0, 0.1) is 0 Å². The minimum absolute atomic E-state index is 0.413. The van der Waals surface area contributed by atoms with E-state index in [0.717, 1.165) is 32.3 Å². The molecular weight excluding hydrogens is 478 g/mol. The van der Waals surface area contributed by atoms with Gasteiger partial charge in [-0.05, 0) is 11.1 Å². The van der Waals surface area contributed by atoms with Crippen LogP contribution in [0.15, 0.2) is 146 Å². The first-order valence-corrected chi connectivity index (χ1v) is 15.8. The molecule has 2 nitrogen and oxygen atoms in total. The highest BCUT2D eigenvalue weighted by molar-refractivity contribution is 7.78. The lowest BCUT2D eigenvalue weighted by Crippen LogP contribution is -2.18. The first-order valence-electron chi connectivity index (χ1n) is 12.1. The van der Waals surface area contributed by atoms with Gasteiger partial charge in [0.1, 0.15) is 14.3 Å². The largest absolute Gasteiger partial charge is 0.313 e. The van der Waals surface area contributed by atoms with Crippen molar-refractivity contribution in [3.63, 3.8) is 0 Å². The lowest BCUT2D eigenvalue weighted by Gasteiger charge is -2.22. The molecule has 0 aliphatic carbocycles. The second-order valence-electron chi connectivity index (χ2n) is 8.96. The first kappa shape index (κ1) is 24.3. The van der Waals surface area contributed by atoms with Gasteiger partial charge < -0.3 is 9.13 Å². The van der Waals surface area contributed by atoms with Crippen LogP contribution in [0.25, 0.3) is 0 Å². The molecule has 0 unspecified atom stereocenters. The van der Waals surface area contributed by atoms with Crippen LogP contribution in [0.4, 0.5) is 0 Å². The smallest absolute Gasteiger partial charge is 0.147 e. The van der Waals surface area contributed by atoms with Crippen molar-refractivity contribution < 1.29 is 9.13 Å². The molecule has 36 heavy (non-hydrogen) atoms. The molecule has 0 bridgehead atoms. The van der Waals surface area contributed by atoms with Crippen molar-refractivity contribution in [1.29, 1.82) is 0 Å². The second-order valence-corrected chi connectivity index (χ2v) is 14.6. The average Bonchev–Trinajstić information content (AvgIpc) is 2.95. The van der Waals surface area contributed by atoms with E-state index in [4.69, 9.17) is 0 Å². The highest BCUT2D eigenvalue weighted by Gasteiger charge is 2.29. The summed E-state index contributed by atoms with van der Waals surface area (Å²) in [5.74, 6) is 0. The van der Waals surface area contributed by atoms with Crippen molar-refractivity contribution >= 4 is 35.5 Å². The van der Waals surface area contributed by atoms with Gasteiger partial charge in [-0.1, -0.05) is 146 Å². The maximum absolute atomic E-state index is 14.6. The molecule has 0 fully saturated rings. The van der Waals surface area contributed by atoms with Crippen molar-refractivity contribution in [2.75, 3.05) is 0 Å². The summed E-state index contributed by atoms with van der Waals surface area (Å²) in [5.41, 5.74) is 1.97. The average molecular weight is 507 g/mol. The molecule has 4 heteroatoms. The minimum atomic E-state index is -2.90. The van der Waals surface area contributed by atoms with Crippen molar-refractivity contribution in [3.05, 3.63) is 157 Å². The van der Waals surface area contributed by atoms with E-state index in [0.29, 0.717) is 12.3 Å². The zero-order chi connectivity index (χ0) is 24.8. The van der Waals surface area contributed by atoms with Crippen LogP contribution in [-0.4, -0.2) is 0 Å². The number of benzene rings is 5. The van der Waals surface area contributed by atoms with Gasteiger partial charge in [0.2, 0.25) is 0 Å². The van der Waals surface area contributed by atoms with E-state index in [2.05, 4.69) is 6.07 Å². The van der Waals surface area contributed by atoms with Crippen LogP contribution in [-0.2, 0) is 21.5 Å². The summed E-state index contributed by atoms with van der Waals surface area (Å²) in [6, 6.07) is 47.1. The molecule has 5 aromatic rings. The quantitative estimate of drug-likeness (QED) is 0.219. The van der Waals surface area contributed by atoms with Gasteiger partial charge in [0.25, 0.3) is 0 Å². The van der Waals surface area contributed by atoms with Gasteiger partial charge in [-0.15, -0.1) is 0 Å². The maximum atomic E-state index is 14.6. The van der Waals surface area contributed by atoms with E-state index in [1.54, 1.807) is 0 Å². The summed E-state index contributed by atoms with van der Waals surface area (Å²) < 4.78 is 29.1. The van der Waals surface area contributed by atoms with E-state index in [-0.39, 0.29) is 0 Å². The fraction of sp³-hybridized carbons (Fsp3) is 0.0625. The van der Waals surface area contributed by atoms with Crippen LogP contribution < -0.4 is 21.2 Å². The third kappa shape index (κ3) is 5.07. The standard InChI is InChI=1S/C32H28O2P2/c33-35(29-16-5-1-6-17-29,30-18-7-2-8-19-30)25-27-14-13-15-28(24-27)26-36(34,31-20-9-3-10-21-31)32-22-11-4-12-23-32/h1-24H,25-26H2. The van der Waals surface area contributed by atoms with Crippen LogP contribution >= 0.6 is 14.3 Å². The predicted octanol–water partition coefficient (Wildman–Crippen LogP) is 6.71. The van der Waals surface area contributed by atoms with Gasteiger partial charge in [0, 0.05) is 33.5 Å². The molecule has 0 aliphatic rings. The molecule has 0 amide bonds. The van der Waals surface area contributed by atoms with Gasteiger partial charge in [0.05, 0.1) is 0 Å². The Bertz CT molecular complexity index is 1320. The molecular formula is C32H28O2P2. The van der Waals surface area contributed by atoms with E-state index in [1.807, 2.05) is 140 Å². The normalized spacial score (nSPS) is 11.8. The Labute approximate surface area is 213 Å². The van der Waals surface area contributed by atoms with E-state index in [9.17, 15) is 9.13 Å². The van der Waals surface area contributed by atoms with E-state index >= 15 is 0 Å². The van der Waals surface area contributed by atoms with Crippen molar-refractivity contribution in [2.24, 2.45) is 0 Å². The van der Waals surface area contributed by atoms with Gasteiger partial charge in [0.15, 0.2) is 0 Å². The SMILES string of the molecule is O=P(Cc1cccc(CP(=O)(c2ccccc2)c2ccccc2)c1)(c1ccccc1)c1ccccc1. The summed E-state index contributed by atoms with van der Waals surface area (Å²) in [6.07, 6.45) is 0.825. The summed E-state index contributed by atoms with van der Waals surface area (Å²) in [5, 5.41) is 3.39. The molecule has 5 rings (SSSR count). The van der Waals surface area contributed by atoms with Gasteiger partial charge in [-0.2, -0.15) is 0 Å². The van der Waals surface area contributed by atoms with Crippen molar-refractivity contribution in [1.82, 2.24) is 0 Å². The number of hydrogen-bond donors (Lipinski definition) is 0. The molecule has 0 aliphatic heterocycles. The Hall–Kier alpha value is -3.44. The number of rotatable bonds is 8. The predicted molar refractivity (Wildman–Crippen MR) is 153 cm³/mol. The molecule has 5 aromatic carbocycles. The number of hydrogen-bond acceptors (Lipinski definition) is 2.